The van der Waals surface area contributed by atoms with Gasteiger partial charge in [0.25, 0.3) is 0 Å². The molecule has 1 N–H and O–H groups in total. The van der Waals surface area contributed by atoms with E-state index in [2.05, 4.69) is 5.32 Å². The van der Waals surface area contributed by atoms with Gasteiger partial charge in [-0.3, -0.25) is 9.69 Å². The van der Waals surface area contributed by atoms with Crippen LogP contribution in [-0.2, 0) is 9.53 Å². The van der Waals surface area contributed by atoms with Crippen LogP contribution in [0.1, 0.15) is 20.3 Å². The zero-order valence-electron chi connectivity index (χ0n) is 12.0. The molecule has 110 valence electrons. The number of hydrogen-bond acceptors (Lipinski definition) is 4. The van der Waals surface area contributed by atoms with E-state index in [9.17, 15) is 9.59 Å². The Labute approximate surface area is 118 Å². The molecule has 0 spiro atoms. The molecule has 20 heavy (non-hydrogen) atoms. The highest BCUT2D eigenvalue weighted by atomic mass is 16.6. The summed E-state index contributed by atoms with van der Waals surface area (Å²) >= 11 is 0. The van der Waals surface area contributed by atoms with E-state index in [4.69, 9.17) is 9.47 Å². The molecule has 0 fully saturated rings. The summed E-state index contributed by atoms with van der Waals surface area (Å²) < 4.78 is 10.4. The molecule has 2 amide bonds. The summed E-state index contributed by atoms with van der Waals surface area (Å²) in [5.74, 6) is 0.478. The van der Waals surface area contributed by atoms with Crippen molar-refractivity contribution in [2.45, 2.75) is 20.3 Å². The van der Waals surface area contributed by atoms with E-state index >= 15 is 0 Å². The second kappa shape index (κ2) is 8.04. The van der Waals surface area contributed by atoms with Crippen LogP contribution in [0.5, 0.6) is 5.75 Å². The minimum Gasteiger partial charge on any atom is -0.473 e. The highest BCUT2D eigenvalue weighted by molar-refractivity contribution is 5.88. The predicted octanol–water partition coefficient (Wildman–Crippen LogP) is 2.46. The molecule has 0 unspecified atom stereocenters. The molecule has 1 aromatic carbocycles. The molecule has 0 saturated carbocycles. The van der Waals surface area contributed by atoms with Crippen LogP contribution in [0.15, 0.2) is 24.3 Å². The molecule has 0 aliphatic rings. The van der Waals surface area contributed by atoms with Gasteiger partial charge >= 0.3 is 6.09 Å². The van der Waals surface area contributed by atoms with Crippen molar-refractivity contribution in [1.29, 1.82) is 0 Å². The van der Waals surface area contributed by atoms with Gasteiger partial charge in [0.2, 0.25) is 5.91 Å². The number of nitrogens with one attached hydrogen (secondary N) is 1. The highest BCUT2D eigenvalue weighted by Crippen LogP contribution is 2.15. The standard InChI is InChI=1S/C14H20N2O4/c1-4-9-19-14(18)16(3)10-20-13-7-5-12(6-8-13)15-11(2)17/h5-8H,4,9-10H2,1-3H3,(H,15,17). The fraction of sp³-hybridized carbons (Fsp3) is 0.429. The molecule has 0 aromatic heterocycles. The number of benzene rings is 1. The minimum atomic E-state index is -0.415. The fourth-order valence-corrected chi connectivity index (χ4v) is 1.36. The van der Waals surface area contributed by atoms with Crippen LogP contribution in [0.25, 0.3) is 0 Å². The Balaban J connectivity index is 2.41. The molecular weight excluding hydrogens is 260 g/mol. The molecule has 0 bridgehead atoms. The molecule has 1 aromatic rings. The number of rotatable bonds is 6. The molecule has 0 heterocycles. The molecular formula is C14H20N2O4. The second-order valence-corrected chi connectivity index (χ2v) is 4.29. The lowest BCUT2D eigenvalue weighted by Crippen LogP contribution is -2.31. The molecule has 6 nitrogen and oxygen atoms in total. The van der Waals surface area contributed by atoms with E-state index in [1.807, 2.05) is 6.92 Å². The monoisotopic (exact) mass is 280 g/mol. The second-order valence-electron chi connectivity index (χ2n) is 4.29. The number of hydrogen-bond donors (Lipinski definition) is 1. The molecule has 0 atom stereocenters. The lowest BCUT2D eigenvalue weighted by atomic mass is 10.3. The summed E-state index contributed by atoms with van der Waals surface area (Å²) in [6.45, 7) is 3.87. The first-order chi connectivity index (χ1) is 9.52. The smallest absolute Gasteiger partial charge is 0.412 e. The third-order valence-electron chi connectivity index (χ3n) is 2.34. The van der Waals surface area contributed by atoms with Crippen LogP contribution in [-0.4, -0.2) is 37.3 Å². The van der Waals surface area contributed by atoms with Crippen molar-refractivity contribution in [2.75, 3.05) is 25.7 Å². The summed E-state index contributed by atoms with van der Waals surface area (Å²) in [7, 11) is 1.60. The van der Waals surface area contributed by atoms with Crippen LogP contribution in [0.4, 0.5) is 10.5 Å². The lowest BCUT2D eigenvalue weighted by Gasteiger charge is -2.17. The van der Waals surface area contributed by atoms with Crippen molar-refractivity contribution in [3.8, 4) is 5.75 Å². The van der Waals surface area contributed by atoms with Crippen LogP contribution < -0.4 is 10.1 Å². The van der Waals surface area contributed by atoms with Crippen molar-refractivity contribution in [3.63, 3.8) is 0 Å². The maximum atomic E-state index is 11.5. The lowest BCUT2D eigenvalue weighted by molar-refractivity contribution is -0.114. The van der Waals surface area contributed by atoms with Gasteiger partial charge in [0.1, 0.15) is 5.75 Å². The van der Waals surface area contributed by atoms with Gasteiger partial charge in [0.05, 0.1) is 6.61 Å². The van der Waals surface area contributed by atoms with Crippen molar-refractivity contribution < 1.29 is 19.1 Å². The molecule has 0 aliphatic carbocycles. The fourth-order valence-electron chi connectivity index (χ4n) is 1.36. The van der Waals surface area contributed by atoms with Gasteiger partial charge in [-0.05, 0) is 30.7 Å². The van der Waals surface area contributed by atoms with E-state index in [1.165, 1.54) is 11.8 Å². The zero-order valence-corrected chi connectivity index (χ0v) is 12.0. The van der Waals surface area contributed by atoms with Gasteiger partial charge < -0.3 is 14.8 Å². The number of amides is 2. The Hall–Kier alpha value is -2.24. The molecule has 6 heteroatoms. The van der Waals surface area contributed by atoms with Gasteiger partial charge in [-0.15, -0.1) is 0 Å². The van der Waals surface area contributed by atoms with Gasteiger partial charge in [-0.2, -0.15) is 0 Å². The first-order valence-electron chi connectivity index (χ1n) is 6.41. The van der Waals surface area contributed by atoms with Crippen LogP contribution in [0, 0.1) is 0 Å². The quantitative estimate of drug-likeness (QED) is 0.813. The summed E-state index contributed by atoms with van der Waals surface area (Å²) in [4.78, 5) is 23.7. The first-order valence-corrected chi connectivity index (χ1v) is 6.41. The van der Waals surface area contributed by atoms with Crippen molar-refractivity contribution in [1.82, 2.24) is 4.90 Å². The SMILES string of the molecule is CCCOC(=O)N(C)COc1ccc(NC(C)=O)cc1. The first kappa shape index (κ1) is 15.8. The Bertz CT molecular complexity index is 445. The number of nitrogens with zero attached hydrogens (tertiary/aromatic N) is 1. The van der Waals surface area contributed by atoms with Gasteiger partial charge in [0, 0.05) is 19.7 Å². The summed E-state index contributed by atoms with van der Waals surface area (Å²) in [5, 5.41) is 2.66. The Morgan fingerprint density at radius 2 is 1.90 bits per heavy atom. The zero-order chi connectivity index (χ0) is 15.0. The number of ether oxygens (including phenoxy) is 2. The van der Waals surface area contributed by atoms with Crippen molar-refractivity contribution in [2.24, 2.45) is 0 Å². The topological polar surface area (TPSA) is 67.9 Å². The third-order valence-corrected chi connectivity index (χ3v) is 2.34. The van der Waals surface area contributed by atoms with E-state index in [0.29, 0.717) is 18.0 Å². The van der Waals surface area contributed by atoms with Gasteiger partial charge in [0.15, 0.2) is 6.73 Å². The van der Waals surface area contributed by atoms with E-state index in [-0.39, 0.29) is 12.6 Å². The Morgan fingerprint density at radius 1 is 1.25 bits per heavy atom. The summed E-state index contributed by atoms with van der Waals surface area (Å²) in [5.41, 5.74) is 0.695. The summed E-state index contributed by atoms with van der Waals surface area (Å²) in [6, 6.07) is 6.89. The average molecular weight is 280 g/mol. The molecule has 0 saturated heterocycles. The number of anilines is 1. The average Bonchev–Trinajstić information content (AvgIpc) is 2.43. The Kier molecular flexibility index (Phi) is 6.36. The molecule has 1 rings (SSSR count). The van der Waals surface area contributed by atoms with E-state index in [1.54, 1.807) is 31.3 Å². The number of carbonyl (C=O) groups excluding carboxylic acids is 2. The predicted molar refractivity (Wildman–Crippen MR) is 75.6 cm³/mol. The van der Waals surface area contributed by atoms with Crippen LogP contribution in [0.3, 0.4) is 0 Å². The normalized spacial score (nSPS) is 9.75. The molecule has 0 aliphatic heterocycles. The molecule has 0 radical (unpaired) electrons. The number of carbonyl (C=O) groups is 2. The third kappa shape index (κ3) is 5.60. The maximum Gasteiger partial charge on any atom is 0.412 e. The minimum absolute atomic E-state index is 0.0992. The largest absolute Gasteiger partial charge is 0.473 e. The van der Waals surface area contributed by atoms with Crippen LogP contribution >= 0.6 is 0 Å². The van der Waals surface area contributed by atoms with Crippen molar-refractivity contribution in [3.05, 3.63) is 24.3 Å². The maximum absolute atomic E-state index is 11.5. The highest BCUT2D eigenvalue weighted by Gasteiger charge is 2.09. The van der Waals surface area contributed by atoms with E-state index in [0.717, 1.165) is 6.42 Å². The van der Waals surface area contributed by atoms with Gasteiger partial charge in [-0.1, -0.05) is 6.92 Å². The summed E-state index contributed by atoms with van der Waals surface area (Å²) in [6.07, 6.45) is 0.368. The van der Waals surface area contributed by atoms with E-state index < -0.39 is 6.09 Å². The van der Waals surface area contributed by atoms with Crippen LogP contribution in [0.2, 0.25) is 0 Å². The van der Waals surface area contributed by atoms with Gasteiger partial charge in [-0.25, -0.2) is 4.79 Å². The van der Waals surface area contributed by atoms with Crippen molar-refractivity contribution >= 4 is 17.7 Å². The Morgan fingerprint density at radius 3 is 2.45 bits per heavy atom.